The van der Waals surface area contributed by atoms with Crippen molar-refractivity contribution in [1.29, 1.82) is 0 Å². The molecule has 0 saturated carbocycles. The van der Waals surface area contributed by atoms with E-state index in [1.807, 2.05) is 0 Å². The van der Waals surface area contributed by atoms with Gasteiger partial charge in [-0.3, -0.25) is 0 Å². The van der Waals surface area contributed by atoms with Crippen LogP contribution in [0.2, 0.25) is 0 Å². The van der Waals surface area contributed by atoms with Crippen LogP contribution in [0.15, 0.2) is 24.3 Å². The van der Waals surface area contributed by atoms with Crippen LogP contribution in [-0.2, 0) is 0 Å². The second kappa shape index (κ2) is 6.76. The molecule has 0 atom stereocenters. The topological polar surface area (TPSA) is 38.5 Å². The average molecular weight is 248 g/mol. The van der Waals surface area contributed by atoms with Gasteiger partial charge >= 0.3 is 0 Å². The third-order valence-electron chi connectivity index (χ3n) is 3.85. The first-order valence-corrected chi connectivity index (χ1v) is 6.90. The maximum atomic E-state index is 5.55. The quantitative estimate of drug-likeness (QED) is 0.868. The van der Waals surface area contributed by atoms with E-state index in [1.165, 1.54) is 31.5 Å². The molecule has 2 N–H and O–H groups in total. The van der Waals surface area contributed by atoms with Gasteiger partial charge in [0.2, 0.25) is 0 Å². The molecule has 3 nitrogen and oxygen atoms in total. The van der Waals surface area contributed by atoms with E-state index in [-0.39, 0.29) is 0 Å². The standard InChI is InChI=1S/C15H24N2O/c1-18-15-5-3-13(4-6-15)14-7-11-17(12-8-14)10-2-9-16/h3-6,14H,2,7-12,16H2,1H3. The third kappa shape index (κ3) is 3.47. The van der Waals surface area contributed by atoms with Crippen molar-refractivity contribution in [3.8, 4) is 5.75 Å². The van der Waals surface area contributed by atoms with Gasteiger partial charge in [-0.05, 0) is 69.1 Å². The number of piperidine rings is 1. The summed E-state index contributed by atoms with van der Waals surface area (Å²) in [6.45, 7) is 4.37. The van der Waals surface area contributed by atoms with E-state index in [1.54, 1.807) is 7.11 Å². The Morgan fingerprint density at radius 1 is 1.22 bits per heavy atom. The number of likely N-dealkylation sites (tertiary alicyclic amines) is 1. The summed E-state index contributed by atoms with van der Waals surface area (Å²) in [5, 5.41) is 0. The molecule has 1 aliphatic heterocycles. The predicted octanol–water partition coefficient (Wildman–Crippen LogP) is 2.22. The lowest BCUT2D eigenvalue weighted by Gasteiger charge is -2.32. The van der Waals surface area contributed by atoms with Crippen LogP contribution >= 0.6 is 0 Å². The molecule has 0 spiro atoms. The lowest BCUT2D eigenvalue weighted by molar-refractivity contribution is 0.211. The first kappa shape index (κ1) is 13.4. The van der Waals surface area contributed by atoms with Crippen molar-refractivity contribution in [2.24, 2.45) is 5.73 Å². The molecule has 0 aromatic heterocycles. The largest absolute Gasteiger partial charge is 0.497 e. The third-order valence-corrected chi connectivity index (χ3v) is 3.85. The number of rotatable bonds is 5. The summed E-state index contributed by atoms with van der Waals surface area (Å²) in [4.78, 5) is 2.53. The molecule has 18 heavy (non-hydrogen) atoms. The summed E-state index contributed by atoms with van der Waals surface area (Å²) in [6, 6.07) is 8.55. The zero-order valence-electron chi connectivity index (χ0n) is 11.3. The highest BCUT2D eigenvalue weighted by molar-refractivity contribution is 5.29. The monoisotopic (exact) mass is 248 g/mol. The van der Waals surface area contributed by atoms with Crippen LogP contribution < -0.4 is 10.5 Å². The van der Waals surface area contributed by atoms with Gasteiger partial charge in [-0.1, -0.05) is 12.1 Å². The lowest BCUT2D eigenvalue weighted by Crippen LogP contribution is -2.34. The van der Waals surface area contributed by atoms with Crippen molar-refractivity contribution in [1.82, 2.24) is 4.90 Å². The Morgan fingerprint density at radius 2 is 1.89 bits per heavy atom. The summed E-state index contributed by atoms with van der Waals surface area (Å²) < 4.78 is 5.20. The molecule has 1 saturated heterocycles. The van der Waals surface area contributed by atoms with Gasteiger partial charge < -0.3 is 15.4 Å². The van der Waals surface area contributed by atoms with Crippen LogP contribution in [0, 0.1) is 0 Å². The minimum atomic E-state index is 0.713. The predicted molar refractivity (Wildman–Crippen MR) is 75.1 cm³/mol. The van der Waals surface area contributed by atoms with E-state index < -0.39 is 0 Å². The zero-order valence-corrected chi connectivity index (χ0v) is 11.3. The molecule has 0 amide bonds. The highest BCUT2D eigenvalue weighted by atomic mass is 16.5. The molecule has 1 heterocycles. The average Bonchev–Trinajstić information content (AvgIpc) is 2.46. The summed E-state index contributed by atoms with van der Waals surface area (Å²) in [6.07, 6.45) is 3.64. The fraction of sp³-hybridized carbons (Fsp3) is 0.600. The second-order valence-corrected chi connectivity index (χ2v) is 5.03. The minimum Gasteiger partial charge on any atom is -0.497 e. The van der Waals surface area contributed by atoms with Gasteiger partial charge in [0.15, 0.2) is 0 Å². The van der Waals surface area contributed by atoms with Gasteiger partial charge in [-0.2, -0.15) is 0 Å². The van der Waals surface area contributed by atoms with Crippen LogP contribution in [0.25, 0.3) is 0 Å². The van der Waals surface area contributed by atoms with Crippen LogP contribution in [0.5, 0.6) is 5.75 Å². The summed E-state index contributed by atoms with van der Waals surface area (Å²) in [7, 11) is 1.71. The van der Waals surface area contributed by atoms with E-state index in [4.69, 9.17) is 10.5 Å². The normalized spacial score (nSPS) is 17.9. The van der Waals surface area contributed by atoms with Gasteiger partial charge in [-0.25, -0.2) is 0 Å². The molecule has 1 fully saturated rings. The van der Waals surface area contributed by atoms with E-state index in [2.05, 4.69) is 29.2 Å². The highest BCUT2D eigenvalue weighted by Gasteiger charge is 2.19. The molecule has 0 bridgehead atoms. The summed E-state index contributed by atoms with van der Waals surface area (Å²) >= 11 is 0. The Labute approximate surface area is 110 Å². The van der Waals surface area contributed by atoms with Gasteiger partial charge in [0.1, 0.15) is 5.75 Å². The molecule has 0 aliphatic carbocycles. The first-order valence-electron chi connectivity index (χ1n) is 6.90. The van der Waals surface area contributed by atoms with Gasteiger partial charge in [-0.15, -0.1) is 0 Å². The molecule has 0 radical (unpaired) electrons. The van der Waals surface area contributed by atoms with Gasteiger partial charge in [0, 0.05) is 0 Å². The Balaban J connectivity index is 1.84. The van der Waals surface area contributed by atoms with Crippen molar-refractivity contribution < 1.29 is 4.74 Å². The molecule has 3 heteroatoms. The molecule has 2 rings (SSSR count). The van der Waals surface area contributed by atoms with Crippen molar-refractivity contribution in [3.63, 3.8) is 0 Å². The van der Waals surface area contributed by atoms with Crippen molar-refractivity contribution in [3.05, 3.63) is 29.8 Å². The smallest absolute Gasteiger partial charge is 0.118 e. The maximum absolute atomic E-state index is 5.55. The van der Waals surface area contributed by atoms with Gasteiger partial charge in [0.05, 0.1) is 7.11 Å². The van der Waals surface area contributed by atoms with E-state index in [0.717, 1.165) is 25.3 Å². The molecule has 0 unspecified atom stereocenters. The lowest BCUT2D eigenvalue weighted by atomic mass is 9.89. The van der Waals surface area contributed by atoms with Crippen LogP contribution in [0.4, 0.5) is 0 Å². The summed E-state index contributed by atoms with van der Waals surface area (Å²) in [5.41, 5.74) is 7.01. The van der Waals surface area contributed by atoms with Gasteiger partial charge in [0.25, 0.3) is 0 Å². The number of benzene rings is 1. The van der Waals surface area contributed by atoms with Crippen LogP contribution in [-0.4, -0.2) is 38.2 Å². The minimum absolute atomic E-state index is 0.713. The molecule has 1 aromatic carbocycles. The molecule has 1 aromatic rings. The molecular formula is C15H24N2O. The molecular weight excluding hydrogens is 224 g/mol. The Kier molecular flexibility index (Phi) is 5.02. The van der Waals surface area contributed by atoms with E-state index in [9.17, 15) is 0 Å². The SMILES string of the molecule is COc1ccc(C2CCN(CCCN)CC2)cc1. The molecule has 100 valence electrons. The first-order chi connectivity index (χ1) is 8.83. The Bertz CT molecular complexity index is 342. The number of nitrogens with zero attached hydrogens (tertiary/aromatic N) is 1. The van der Waals surface area contributed by atoms with Crippen LogP contribution in [0.1, 0.15) is 30.7 Å². The second-order valence-electron chi connectivity index (χ2n) is 5.03. The van der Waals surface area contributed by atoms with Crippen molar-refractivity contribution in [2.45, 2.75) is 25.2 Å². The maximum Gasteiger partial charge on any atom is 0.118 e. The van der Waals surface area contributed by atoms with E-state index >= 15 is 0 Å². The fourth-order valence-electron chi connectivity index (χ4n) is 2.68. The number of hydrogen-bond acceptors (Lipinski definition) is 3. The van der Waals surface area contributed by atoms with Crippen LogP contribution in [0.3, 0.4) is 0 Å². The fourth-order valence-corrected chi connectivity index (χ4v) is 2.68. The van der Waals surface area contributed by atoms with Crippen molar-refractivity contribution in [2.75, 3.05) is 33.3 Å². The summed E-state index contributed by atoms with van der Waals surface area (Å²) in [5.74, 6) is 1.66. The number of methoxy groups -OCH3 is 1. The number of nitrogens with two attached hydrogens (primary N) is 1. The number of hydrogen-bond donors (Lipinski definition) is 1. The number of ether oxygens (including phenoxy) is 1. The highest BCUT2D eigenvalue weighted by Crippen LogP contribution is 2.29. The Hall–Kier alpha value is -1.06. The van der Waals surface area contributed by atoms with E-state index in [0.29, 0.717) is 5.92 Å². The molecule has 1 aliphatic rings. The Morgan fingerprint density at radius 3 is 2.44 bits per heavy atom. The zero-order chi connectivity index (χ0) is 12.8. The van der Waals surface area contributed by atoms with Crippen molar-refractivity contribution >= 4 is 0 Å².